The number of hydrogen-bond acceptors (Lipinski definition) is 8. The van der Waals surface area contributed by atoms with Gasteiger partial charge in [-0.1, -0.05) is 36.4 Å². The van der Waals surface area contributed by atoms with Crippen molar-refractivity contribution in [3.05, 3.63) is 12.8 Å². The first kappa shape index (κ1) is 35.4. The van der Waals surface area contributed by atoms with Crippen LogP contribution in [-0.2, 0) is 19.1 Å². The number of esters is 1. The van der Waals surface area contributed by atoms with Gasteiger partial charge in [-0.25, -0.2) is 0 Å². The highest BCUT2D eigenvalue weighted by molar-refractivity contribution is 9.09. The standard InChI is InChI=1S/C4H9Br.C4H6O2.2C2H4O2S.C2H6O2/c1-4(2)3-5;1-3-6-4(2)5;2*3-2(4)1-5;3-1-2-4/h4H,3H2,1-2H3;3H,1H2,2H3;2*5H,1H2,(H,3,4);3-4H,1-2H2. The van der Waals surface area contributed by atoms with E-state index >= 15 is 0 Å². The Kier molecular flexibility index (Phi) is 48.9. The fraction of sp³-hybridized carbons (Fsp3) is 0.643. The molecule has 0 saturated carbocycles. The number of carbonyl (C=O) groups excluding carboxylic acids is 1. The molecule has 0 saturated heterocycles. The summed E-state index contributed by atoms with van der Waals surface area (Å²) in [6.07, 6.45) is 1.10. The van der Waals surface area contributed by atoms with Crippen molar-refractivity contribution in [1.82, 2.24) is 0 Å². The highest BCUT2D eigenvalue weighted by atomic mass is 79.9. The van der Waals surface area contributed by atoms with E-state index in [1.165, 1.54) is 6.92 Å². The maximum absolute atomic E-state index is 9.75. The van der Waals surface area contributed by atoms with Gasteiger partial charge in [0.05, 0.1) is 31.0 Å². The molecular formula is C14H29BrO8S2. The van der Waals surface area contributed by atoms with E-state index in [0.29, 0.717) is 0 Å². The van der Waals surface area contributed by atoms with Crippen LogP contribution in [-0.4, -0.2) is 68.4 Å². The third kappa shape index (κ3) is 123. The fourth-order valence-electron chi connectivity index (χ4n) is 0.117. The van der Waals surface area contributed by atoms with Crippen LogP contribution in [0.1, 0.15) is 20.8 Å². The summed E-state index contributed by atoms with van der Waals surface area (Å²) in [5, 5.41) is 31.7. The number of carboxylic acids is 2. The summed E-state index contributed by atoms with van der Waals surface area (Å²) in [5.41, 5.74) is 0. The number of carboxylic acid groups (broad SMARTS) is 2. The number of aliphatic hydroxyl groups excluding tert-OH is 2. The number of halogens is 1. The number of alkyl halides is 1. The number of rotatable bonds is 5. The van der Waals surface area contributed by atoms with Crippen molar-refractivity contribution in [1.29, 1.82) is 0 Å². The topological polar surface area (TPSA) is 141 Å². The Labute approximate surface area is 168 Å². The number of ether oxygens (including phenoxy) is 1. The van der Waals surface area contributed by atoms with Crippen molar-refractivity contribution in [2.45, 2.75) is 20.8 Å². The molecule has 25 heavy (non-hydrogen) atoms. The quantitative estimate of drug-likeness (QED) is 0.155. The summed E-state index contributed by atoms with van der Waals surface area (Å²) in [7, 11) is 0. The van der Waals surface area contributed by atoms with E-state index in [-0.39, 0.29) is 30.7 Å². The molecule has 0 unspecified atom stereocenters. The van der Waals surface area contributed by atoms with E-state index in [2.05, 4.69) is 66.4 Å². The Hall–Kier alpha value is -0.750. The molecule has 0 aromatic heterocycles. The largest absolute Gasteiger partial charge is 0.481 e. The van der Waals surface area contributed by atoms with Crippen LogP contribution >= 0.6 is 41.2 Å². The normalized spacial score (nSPS) is 7.72. The second kappa shape index (κ2) is 34.6. The van der Waals surface area contributed by atoms with Crippen molar-refractivity contribution in [3.63, 3.8) is 0 Å². The predicted octanol–water partition coefficient (Wildman–Crippen LogP) is 1.70. The Bertz CT molecular complexity index is 299. The van der Waals surface area contributed by atoms with Gasteiger partial charge in [-0.2, -0.15) is 25.3 Å². The van der Waals surface area contributed by atoms with Gasteiger partial charge in [0.25, 0.3) is 0 Å². The molecule has 0 aliphatic rings. The molecule has 11 heteroatoms. The number of aliphatic hydroxyl groups is 2. The first-order valence-electron chi connectivity index (χ1n) is 6.71. The van der Waals surface area contributed by atoms with Crippen molar-refractivity contribution < 1.29 is 39.5 Å². The van der Waals surface area contributed by atoms with Crippen molar-refractivity contribution in [2.24, 2.45) is 5.92 Å². The summed E-state index contributed by atoms with van der Waals surface area (Å²) in [6.45, 7) is 8.58. The van der Waals surface area contributed by atoms with Crippen LogP contribution in [0.25, 0.3) is 0 Å². The van der Waals surface area contributed by atoms with Gasteiger partial charge in [-0.3, -0.25) is 14.4 Å². The van der Waals surface area contributed by atoms with Gasteiger partial charge in [0.1, 0.15) is 0 Å². The van der Waals surface area contributed by atoms with Crippen LogP contribution in [0.3, 0.4) is 0 Å². The molecule has 0 radical (unpaired) electrons. The maximum Gasteiger partial charge on any atom is 0.313 e. The summed E-state index contributed by atoms with van der Waals surface area (Å²) >= 11 is 10.1. The van der Waals surface area contributed by atoms with Gasteiger partial charge >= 0.3 is 17.9 Å². The lowest BCUT2D eigenvalue weighted by Crippen LogP contribution is -1.92. The molecule has 8 nitrogen and oxygen atoms in total. The zero-order valence-electron chi connectivity index (χ0n) is 14.6. The van der Waals surface area contributed by atoms with Gasteiger partial charge in [-0.05, 0) is 5.92 Å². The number of hydrogen-bond donors (Lipinski definition) is 6. The second-order valence-electron chi connectivity index (χ2n) is 3.88. The predicted molar refractivity (Wildman–Crippen MR) is 108 cm³/mol. The van der Waals surface area contributed by atoms with Crippen LogP contribution in [0.15, 0.2) is 12.8 Å². The van der Waals surface area contributed by atoms with Crippen molar-refractivity contribution >= 4 is 59.1 Å². The Balaban J connectivity index is -0.0000000671. The number of aliphatic carboxylic acids is 2. The molecule has 0 spiro atoms. The molecule has 0 aromatic rings. The summed E-state index contributed by atoms with van der Waals surface area (Å²) in [4.78, 5) is 28.3. The van der Waals surface area contributed by atoms with Crippen LogP contribution < -0.4 is 0 Å². The first-order valence-corrected chi connectivity index (χ1v) is 9.10. The van der Waals surface area contributed by atoms with Gasteiger partial charge in [0.2, 0.25) is 0 Å². The molecule has 0 amide bonds. The molecular weight excluding hydrogens is 440 g/mol. The first-order chi connectivity index (χ1) is 11.5. The zero-order valence-corrected chi connectivity index (χ0v) is 18.0. The lowest BCUT2D eigenvalue weighted by Gasteiger charge is -1.88. The maximum atomic E-state index is 9.75. The Morgan fingerprint density at radius 2 is 1.32 bits per heavy atom. The minimum absolute atomic E-state index is 0.0833. The smallest absolute Gasteiger partial charge is 0.313 e. The van der Waals surface area contributed by atoms with Gasteiger partial charge in [0, 0.05) is 12.3 Å². The molecule has 152 valence electrons. The lowest BCUT2D eigenvalue weighted by molar-refractivity contribution is -0.136. The molecule has 0 bridgehead atoms. The molecule has 0 heterocycles. The molecule has 0 fully saturated rings. The van der Waals surface area contributed by atoms with Crippen LogP contribution in [0.2, 0.25) is 0 Å². The molecule has 0 atom stereocenters. The molecule has 0 rings (SSSR count). The summed E-state index contributed by atoms with van der Waals surface area (Å²) in [5.74, 6) is -1.46. The fourth-order valence-corrected chi connectivity index (χ4v) is 0.117. The van der Waals surface area contributed by atoms with E-state index in [0.717, 1.165) is 17.5 Å². The van der Waals surface area contributed by atoms with Crippen LogP contribution in [0, 0.1) is 5.92 Å². The molecule has 0 aliphatic heterocycles. The molecule has 4 N–H and O–H groups in total. The monoisotopic (exact) mass is 468 g/mol. The second-order valence-corrected chi connectivity index (χ2v) is 5.16. The third-order valence-electron chi connectivity index (χ3n) is 0.928. The van der Waals surface area contributed by atoms with Gasteiger partial charge < -0.3 is 25.2 Å². The van der Waals surface area contributed by atoms with E-state index in [4.69, 9.17) is 20.4 Å². The van der Waals surface area contributed by atoms with E-state index in [1.54, 1.807) is 0 Å². The van der Waals surface area contributed by atoms with Gasteiger partial charge in [-0.15, -0.1) is 0 Å². The average Bonchev–Trinajstić information content (AvgIpc) is 2.56. The van der Waals surface area contributed by atoms with Crippen LogP contribution in [0.5, 0.6) is 0 Å². The highest BCUT2D eigenvalue weighted by Crippen LogP contribution is 1.94. The van der Waals surface area contributed by atoms with E-state index in [9.17, 15) is 14.4 Å². The SMILES string of the molecule is C=COC(C)=O.CC(C)CBr.O=C(O)CS.O=C(O)CS.OCCO. The third-order valence-corrected chi connectivity index (χ3v) is 2.76. The average molecular weight is 469 g/mol. The minimum Gasteiger partial charge on any atom is -0.481 e. The lowest BCUT2D eigenvalue weighted by atomic mass is 10.3. The minimum atomic E-state index is -0.881. The molecule has 0 aromatic carbocycles. The van der Waals surface area contributed by atoms with Crippen molar-refractivity contribution in [3.8, 4) is 0 Å². The van der Waals surface area contributed by atoms with Crippen molar-refractivity contribution in [2.75, 3.05) is 30.0 Å². The summed E-state index contributed by atoms with van der Waals surface area (Å²) < 4.78 is 4.17. The van der Waals surface area contributed by atoms with E-state index in [1.807, 2.05) is 0 Å². The van der Waals surface area contributed by atoms with Crippen LogP contribution in [0.4, 0.5) is 0 Å². The Morgan fingerprint density at radius 3 is 1.32 bits per heavy atom. The van der Waals surface area contributed by atoms with Gasteiger partial charge in [0.15, 0.2) is 0 Å². The molecule has 0 aliphatic carbocycles. The Morgan fingerprint density at radius 1 is 1.08 bits per heavy atom. The van der Waals surface area contributed by atoms with E-state index < -0.39 is 11.9 Å². The number of carbonyl (C=O) groups is 3. The summed E-state index contributed by atoms with van der Waals surface area (Å²) in [6, 6.07) is 0. The zero-order chi connectivity index (χ0) is 21.3. The number of thiol groups is 2. The highest BCUT2D eigenvalue weighted by Gasteiger charge is 1.82.